The molecule has 5 heteroatoms. The molecule has 90 valence electrons. The highest BCUT2D eigenvalue weighted by atomic mass is 16.3. The fourth-order valence-corrected chi connectivity index (χ4v) is 2.23. The van der Waals surface area contributed by atoms with Crippen molar-refractivity contribution < 1.29 is 5.11 Å². The van der Waals surface area contributed by atoms with Gasteiger partial charge in [-0.15, -0.1) is 10.2 Å². The molecule has 0 aliphatic carbocycles. The lowest BCUT2D eigenvalue weighted by atomic mass is 10.2. The number of rotatable bonds is 4. The summed E-state index contributed by atoms with van der Waals surface area (Å²) in [5.74, 6) is 0. The number of aliphatic hydroxyl groups excluding tert-OH is 1. The van der Waals surface area contributed by atoms with Crippen LogP contribution in [0.15, 0.2) is 12.7 Å². The first-order valence-corrected chi connectivity index (χ1v) is 6.07. The molecule has 0 spiro atoms. The summed E-state index contributed by atoms with van der Waals surface area (Å²) in [7, 11) is 0. The molecule has 1 atom stereocenters. The molecule has 1 aliphatic heterocycles. The first-order valence-electron chi connectivity index (χ1n) is 6.07. The van der Waals surface area contributed by atoms with Crippen molar-refractivity contribution in [3.63, 3.8) is 0 Å². The molecule has 1 aromatic rings. The van der Waals surface area contributed by atoms with Crippen LogP contribution in [0.3, 0.4) is 0 Å². The number of hydrogen-bond donors (Lipinski definition) is 1. The third-order valence-corrected chi connectivity index (χ3v) is 3.06. The van der Waals surface area contributed by atoms with E-state index in [-0.39, 0.29) is 6.10 Å². The van der Waals surface area contributed by atoms with E-state index in [1.54, 1.807) is 12.7 Å². The lowest BCUT2D eigenvalue weighted by Gasteiger charge is -2.23. The molecular formula is C11H20N4O. The lowest BCUT2D eigenvalue weighted by Crippen LogP contribution is -2.35. The molecule has 1 N–H and O–H groups in total. The lowest BCUT2D eigenvalue weighted by molar-refractivity contribution is 0.0995. The molecule has 5 nitrogen and oxygen atoms in total. The Morgan fingerprint density at radius 3 is 2.25 bits per heavy atom. The van der Waals surface area contributed by atoms with Gasteiger partial charge in [0.15, 0.2) is 0 Å². The Kier molecular flexibility index (Phi) is 4.30. The van der Waals surface area contributed by atoms with Gasteiger partial charge in [-0.2, -0.15) is 0 Å². The topological polar surface area (TPSA) is 54.2 Å². The summed E-state index contributed by atoms with van der Waals surface area (Å²) in [4.78, 5) is 2.36. The summed E-state index contributed by atoms with van der Waals surface area (Å²) < 4.78 is 1.82. The van der Waals surface area contributed by atoms with Gasteiger partial charge < -0.3 is 14.6 Å². The molecule has 1 unspecified atom stereocenters. The van der Waals surface area contributed by atoms with E-state index in [1.807, 2.05) is 4.57 Å². The highest BCUT2D eigenvalue weighted by Gasteiger charge is 2.13. The van der Waals surface area contributed by atoms with Crippen molar-refractivity contribution in [2.45, 2.75) is 38.3 Å². The standard InChI is InChI=1S/C11H20N4O/c16-11(8-15-9-12-13-10-15)7-14-5-3-1-2-4-6-14/h9-11,16H,1-8H2. The highest BCUT2D eigenvalue weighted by molar-refractivity contribution is 4.70. The minimum absolute atomic E-state index is 0.325. The van der Waals surface area contributed by atoms with Crippen LogP contribution in [-0.4, -0.2) is 50.5 Å². The average Bonchev–Trinajstić information content (AvgIpc) is 2.62. The zero-order valence-electron chi connectivity index (χ0n) is 9.62. The maximum Gasteiger partial charge on any atom is 0.119 e. The minimum Gasteiger partial charge on any atom is -0.390 e. The van der Waals surface area contributed by atoms with Crippen LogP contribution in [0.4, 0.5) is 0 Å². The summed E-state index contributed by atoms with van der Waals surface area (Å²) in [6, 6.07) is 0. The van der Waals surface area contributed by atoms with Crippen LogP contribution in [-0.2, 0) is 6.54 Å². The quantitative estimate of drug-likeness (QED) is 0.810. The first kappa shape index (κ1) is 11.5. The first-order chi connectivity index (χ1) is 7.84. The van der Waals surface area contributed by atoms with Crippen molar-refractivity contribution in [3.8, 4) is 0 Å². The summed E-state index contributed by atoms with van der Waals surface area (Å²) in [5.41, 5.74) is 0. The van der Waals surface area contributed by atoms with E-state index < -0.39 is 0 Å². The maximum absolute atomic E-state index is 9.95. The van der Waals surface area contributed by atoms with Crippen LogP contribution < -0.4 is 0 Å². The zero-order chi connectivity index (χ0) is 11.2. The van der Waals surface area contributed by atoms with Gasteiger partial charge in [-0.25, -0.2) is 0 Å². The molecule has 2 heterocycles. The van der Waals surface area contributed by atoms with E-state index in [0.29, 0.717) is 6.54 Å². The second-order valence-electron chi connectivity index (χ2n) is 4.53. The number of β-amino-alcohol motifs (C(OH)–C–C–N with tert-alkyl or cyclic N) is 1. The van der Waals surface area contributed by atoms with E-state index in [1.165, 1.54) is 25.7 Å². The Morgan fingerprint density at radius 1 is 1.00 bits per heavy atom. The highest BCUT2D eigenvalue weighted by Crippen LogP contribution is 2.10. The SMILES string of the molecule is OC(CN1CCCCCC1)Cn1cnnc1. The van der Waals surface area contributed by atoms with Crippen molar-refractivity contribution in [1.82, 2.24) is 19.7 Å². The number of likely N-dealkylation sites (tertiary alicyclic amines) is 1. The third kappa shape index (κ3) is 3.57. The smallest absolute Gasteiger partial charge is 0.119 e. The molecule has 1 saturated heterocycles. The van der Waals surface area contributed by atoms with Gasteiger partial charge in [0, 0.05) is 6.54 Å². The van der Waals surface area contributed by atoms with Crippen molar-refractivity contribution >= 4 is 0 Å². The maximum atomic E-state index is 9.95. The average molecular weight is 224 g/mol. The van der Waals surface area contributed by atoms with Crippen molar-refractivity contribution in [2.75, 3.05) is 19.6 Å². The fourth-order valence-electron chi connectivity index (χ4n) is 2.23. The number of aliphatic hydroxyl groups is 1. The largest absolute Gasteiger partial charge is 0.390 e. The summed E-state index contributed by atoms with van der Waals surface area (Å²) in [6.45, 7) is 3.60. The number of nitrogens with zero attached hydrogens (tertiary/aromatic N) is 4. The molecule has 0 aromatic carbocycles. The van der Waals surface area contributed by atoms with Crippen LogP contribution in [0.2, 0.25) is 0 Å². The predicted molar refractivity (Wildman–Crippen MR) is 60.9 cm³/mol. The molecule has 1 aromatic heterocycles. The van der Waals surface area contributed by atoms with E-state index in [0.717, 1.165) is 19.6 Å². The van der Waals surface area contributed by atoms with Crippen LogP contribution in [0.1, 0.15) is 25.7 Å². The third-order valence-electron chi connectivity index (χ3n) is 3.06. The van der Waals surface area contributed by atoms with Crippen LogP contribution >= 0.6 is 0 Å². The zero-order valence-corrected chi connectivity index (χ0v) is 9.62. The van der Waals surface area contributed by atoms with Gasteiger partial charge in [0.2, 0.25) is 0 Å². The molecule has 2 rings (SSSR count). The van der Waals surface area contributed by atoms with Gasteiger partial charge in [-0.05, 0) is 25.9 Å². The molecular weight excluding hydrogens is 204 g/mol. The molecule has 0 radical (unpaired) electrons. The van der Waals surface area contributed by atoms with Gasteiger partial charge in [-0.1, -0.05) is 12.8 Å². The molecule has 0 bridgehead atoms. The molecule has 0 saturated carbocycles. The predicted octanol–water partition coefficient (Wildman–Crippen LogP) is 0.515. The Balaban J connectivity index is 1.75. The fraction of sp³-hybridized carbons (Fsp3) is 0.818. The Hall–Kier alpha value is -0.940. The van der Waals surface area contributed by atoms with Crippen molar-refractivity contribution in [1.29, 1.82) is 0 Å². The van der Waals surface area contributed by atoms with Gasteiger partial charge in [0.25, 0.3) is 0 Å². The van der Waals surface area contributed by atoms with Gasteiger partial charge in [-0.3, -0.25) is 0 Å². The van der Waals surface area contributed by atoms with E-state index in [2.05, 4.69) is 15.1 Å². The Bertz CT molecular complexity index is 280. The van der Waals surface area contributed by atoms with E-state index in [9.17, 15) is 5.11 Å². The molecule has 0 amide bonds. The van der Waals surface area contributed by atoms with Crippen molar-refractivity contribution in [2.24, 2.45) is 0 Å². The van der Waals surface area contributed by atoms with Gasteiger partial charge >= 0.3 is 0 Å². The van der Waals surface area contributed by atoms with Crippen LogP contribution in [0.25, 0.3) is 0 Å². The normalized spacial score (nSPS) is 20.6. The van der Waals surface area contributed by atoms with E-state index in [4.69, 9.17) is 0 Å². The van der Waals surface area contributed by atoms with E-state index >= 15 is 0 Å². The Morgan fingerprint density at radius 2 is 1.62 bits per heavy atom. The van der Waals surface area contributed by atoms with Crippen molar-refractivity contribution in [3.05, 3.63) is 12.7 Å². The summed E-state index contributed by atoms with van der Waals surface area (Å²) in [6.07, 6.45) is 8.15. The van der Waals surface area contributed by atoms with Crippen LogP contribution in [0, 0.1) is 0 Å². The van der Waals surface area contributed by atoms with Gasteiger partial charge in [0.1, 0.15) is 12.7 Å². The molecule has 1 fully saturated rings. The Labute approximate surface area is 96.1 Å². The number of aromatic nitrogens is 3. The monoisotopic (exact) mass is 224 g/mol. The minimum atomic E-state index is -0.325. The summed E-state index contributed by atoms with van der Waals surface area (Å²) in [5, 5.41) is 17.4. The second-order valence-corrected chi connectivity index (χ2v) is 4.53. The summed E-state index contributed by atoms with van der Waals surface area (Å²) >= 11 is 0. The molecule has 16 heavy (non-hydrogen) atoms. The van der Waals surface area contributed by atoms with Crippen LogP contribution in [0.5, 0.6) is 0 Å². The number of hydrogen-bond acceptors (Lipinski definition) is 4. The second kappa shape index (κ2) is 5.96. The molecule has 1 aliphatic rings. The van der Waals surface area contributed by atoms with Gasteiger partial charge in [0.05, 0.1) is 12.6 Å².